The first-order valence-corrected chi connectivity index (χ1v) is 7.38. The number of hydrogen-bond donors (Lipinski definition) is 0. The maximum atomic E-state index is 5.76. The molecule has 3 heteroatoms. The van der Waals surface area contributed by atoms with Gasteiger partial charge in [-0.25, -0.2) is 0 Å². The molecule has 0 aliphatic carbocycles. The monoisotopic (exact) mass is 294 g/mol. The lowest BCUT2D eigenvalue weighted by atomic mass is 10.1. The fourth-order valence-electron chi connectivity index (χ4n) is 1.57. The molecule has 0 aromatic heterocycles. The van der Waals surface area contributed by atoms with Crippen molar-refractivity contribution in [3.05, 3.63) is 29.3 Å². The molecular formula is C17H23ClO2. The van der Waals surface area contributed by atoms with Crippen LogP contribution in [0.1, 0.15) is 38.3 Å². The third kappa shape index (κ3) is 6.84. The SMILES string of the molecule is Cc1ccc(OCCOC(C)(C)C)c(C#CCCCl)c1. The minimum atomic E-state index is -0.139. The molecule has 0 amide bonds. The number of ether oxygens (including phenoxy) is 2. The van der Waals surface area contributed by atoms with Crippen LogP contribution in [0.5, 0.6) is 5.75 Å². The summed E-state index contributed by atoms with van der Waals surface area (Å²) in [6, 6.07) is 6.00. The van der Waals surface area contributed by atoms with E-state index >= 15 is 0 Å². The summed E-state index contributed by atoms with van der Waals surface area (Å²) in [5, 5.41) is 0. The van der Waals surface area contributed by atoms with Crippen LogP contribution in [0.3, 0.4) is 0 Å². The number of hydrogen-bond acceptors (Lipinski definition) is 2. The quantitative estimate of drug-likeness (QED) is 0.461. The average molecular weight is 295 g/mol. The van der Waals surface area contributed by atoms with Crippen LogP contribution in [0.4, 0.5) is 0 Å². The molecule has 2 nitrogen and oxygen atoms in total. The fraction of sp³-hybridized carbons (Fsp3) is 0.529. The largest absolute Gasteiger partial charge is 0.490 e. The molecule has 0 aliphatic heterocycles. The fourth-order valence-corrected chi connectivity index (χ4v) is 1.67. The second-order valence-corrected chi connectivity index (χ2v) is 5.93. The highest BCUT2D eigenvalue weighted by molar-refractivity contribution is 6.18. The molecule has 0 radical (unpaired) electrons. The number of aryl methyl sites for hydroxylation is 1. The Bertz CT molecular complexity index is 478. The lowest BCUT2D eigenvalue weighted by Gasteiger charge is -2.19. The van der Waals surface area contributed by atoms with E-state index in [4.69, 9.17) is 21.1 Å². The van der Waals surface area contributed by atoms with Crippen LogP contribution >= 0.6 is 11.6 Å². The molecule has 0 saturated heterocycles. The summed E-state index contributed by atoms with van der Waals surface area (Å²) in [4.78, 5) is 0. The van der Waals surface area contributed by atoms with Gasteiger partial charge in [0.1, 0.15) is 12.4 Å². The molecule has 0 bridgehead atoms. The van der Waals surface area contributed by atoms with Gasteiger partial charge in [-0.05, 0) is 45.4 Å². The van der Waals surface area contributed by atoms with Crippen LogP contribution < -0.4 is 4.74 Å². The first kappa shape index (κ1) is 16.9. The Hall–Kier alpha value is -1.17. The zero-order chi connectivity index (χ0) is 15.0. The summed E-state index contributed by atoms with van der Waals surface area (Å²) >= 11 is 5.63. The normalized spacial score (nSPS) is 10.8. The van der Waals surface area contributed by atoms with E-state index < -0.39 is 0 Å². The van der Waals surface area contributed by atoms with Crippen LogP contribution in [0.25, 0.3) is 0 Å². The maximum absolute atomic E-state index is 5.76. The van der Waals surface area contributed by atoms with Gasteiger partial charge in [0.05, 0.1) is 17.8 Å². The molecule has 0 aliphatic rings. The highest BCUT2D eigenvalue weighted by Crippen LogP contribution is 2.19. The number of rotatable bonds is 5. The Balaban J connectivity index is 2.63. The molecule has 20 heavy (non-hydrogen) atoms. The van der Waals surface area contributed by atoms with Crippen molar-refractivity contribution >= 4 is 11.6 Å². The average Bonchev–Trinajstić information content (AvgIpc) is 2.36. The van der Waals surface area contributed by atoms with E-state index in [1.54, 1.807) is 0 Å². The summed E-state index contributed by atoms with van der Waals surface area (Å²) in [6.07, 6.45) is 0.683. The third-order valence-corrected chi connectivity index (χ3v) is 2.64. The molecule has 0 heterocycles. The maximum Gasteiger partial charge on any atom is 0.135 e. The molecule has 0 atom stereocenters. The smallest absolute Gasteiger partial charge is 0.135 e. The van der Waals surface area contributed by atoms with Crippen molar-refractivity contribution in [2.45, 2.75) is 39.7 Å². The van der Waals surface area contributed by atoms with Crippen molar-refractivity contribution in [3.8, 4) is 17.6 Å². The molecule has 0 spiro atoms. The molecule has 1 rings (SSSR count). The molecule has 0 fully saturated rings. The van der Waals surface area contributed by atoms with Crippen LogP contribution in [-0.4, -0.2) is 24.7 Å². The Morgan fingerprint density at radius 3 is 2.60 bits per heavy atom. The second kappa shape index (κ2) is 8.19. The van der Waals surface area contributed by atoms with Gasteiger partial charge in [-0.2, -0.15) is 0 Å². The first-order valence-electron chi connectivity index (χ1n) is 6.84. The molecular weight excluding hydrogens is 272 g/mol. The van der Waals surface area contributed by atoms with E-state index in [0.717, 1.165) is 11.3 Å². The van der Waals surface area contributed by atoms with Gasteiger partial charge in [0.25, 0.3) is 0 Å². The van der Waals surface area contributed by atoms with Crippen LogP contribution in [-0.2, 0) is 4.74 Å². The topological polar surface area (TPSA) is 18.5 Å². The highest BCUT2D eigenvalue weighted by atomic mass is 35.5. The number of alkyl halides is 1. The summed E-state index contributed by atoms with van der Waals surface area (Å²) in [5.74, 6) is 7.50. The van der Waals surface area contributed by atoms with Crippen molar-refractivity contribution in [2.24, 2.45) is 0 Å². The van der Waals surface area contributed by atoms with Gasteiger partial charge in [-0.15, -0.1) is 11.6 Å². The van der Waals surface area contributed by atoms with Gasteiger partial charge >= 0.3 is 0 Å². The number of halogens is 1. The Kier molecular flexibility index (Phi) is 6.91. The van der Waals surface area contributed by atoms with Gasteiger partial charge in [0, 0.05) is 12.3 Å². The van der Waals surface area contributed by atoms with Crippen molar-refractivity contribution in [1.82, 2.24) is 0 Å². The van der Waals surface area contributed by atoms with Crippen molar-refractivity contribution in [3.63, 3.8) is 0 Å². The van der Waals surface area contributed by atoms with E-state index in [0.29, 0.717) is 25.5 Å². The zero-order valence-electron chi connectivity index (χ0n) is 12.8. The van der Waals surface area contributed by atoms with Crippen LogP contribution in [0.2, 0.25) is 0 Å². The van der Waals surface area contributed by atoms with Crippen molar-refractivity contribution < 1.29 is 9.47 Å². The van der Waals surface area contributed by atoms with Gasteiger partial charge in [-0.3, -0.25) is 0 Å². The third-order valence-electron chi connectivity index (χ3n) is 2.45. The Morgan fingerprint density at radius 1 is 1.20 bits per heavy atom. The standard InChI is InChI=1S/C17H23ClO2/c1-14-8-9-16(15(13-14)7-5-6-10-18)19-11-12-20-17(2,3)4/h8-9,13H,6,10-12H2,1-4H3. The lowest BCUT2D eigenvalue weighted by molar-refractivity contribution is -0.0163. The Morgan fingerprint density at radius 2 is 1.95 bits per heavy atom. The summed E-state index contributed by atoms with van der Waals surface area (Å²) in [5.41, 5.74) is 1.93. The molecule has 1 aromatic carbocycles. The molecule has 0 saturated carbocycles. The first-order chi connectivity index (χ1) is 9.42. The minimum Gasteiger partial charge on any atom is -0.490 e. The van der Waals surface area contributed by atoms with Gasteiger partial charge < -0.3 is 9.47 Å². The molecule has 0 unspecified atom stereocenters. The summed E-state index contributed by atoms with van der Waals surface area (Å²) < 4.78 is 11.4. The predicted molar refractivity (Wildman–Crippen MR) is 84.6 cm³/mol. The van der Waals surface area contributed by atoms with Gasteiger partial charge in [-0.1, -0.05) is 17.9 Å². The summed E-state index contributed by atoms with van der Waals surface area (Å²) in [7, 11) is 0. The minimum absolute atomic E-state index is 0.139. The second-order valence-electron chi connectivity index (χ2n) is 5.55. The summed E-state index contributed by atoms with van der Waals surface area (Å²) in [6.45, 7) is 9.21. The zero-order valence-corrected chi connectivity index (χ0v) is 13.5. The van der Waals surface area contributed by atoms with Crippen LogP contribution in [0, 0.1) is 18.8 Å². The molecule has 110 valence electrons. The van der Waals surface area contributed by atoms with E-state index in [9.17, 15) is 0 Å². The van der Waals surface area contributed by atoms with E-state index in [1.807, 2.05) is 45.9 Å². The van der Waals surface area contributed by atoms with E-state index in [1.165, 1.54) is 5.56 Å². The van der Waals surface area contributed by atoms with E-state index in [-0.39, 0.29) is 5.60 Å². The molecule has 1 aromatic rings. The van der Waals surface area contributed by atoms with Crippen molar-refractivity contribution in [2.75, 3.05) is 19.1 Å². The van der Waals surface area contributed by atoms with Crippen LogP contribution in [0.15, 0.2) is 18.2 Å². The van der Waals surface area contributed by atoms with E-state index in [2.05, 4.69) is 11.8 Å². The lowest BCUT2D eigenvalue weighted by Crippen LogP contribution is -2.22. The number of benzene rings is 1. The Labute approximate surface area is 127 Å². The highest BCUT2D eigenvalue weighted by Gasteiger charge is 2.09. The van der Waals surface area contributed by atoms with Crippen molar-refractivity contribution in [1.29, 1.82) is 0 Å². The van der Waals surface area contributed by atoms with Gasteiger partial charge in [0.2, 0.25) is 0 Å². The predicted octanol–water partition coefficient (Wildman–Crippen LogP) is 4.17. The molecule has 0 N–H and O–H groups in total. The van der Waals surface area contributed by atoms with Gasteiger partial charge in [0.15, 0.2) is 0 Å².